The fraction of sp³-hybridized carbons (Fsp3) is 0.545. The molecule has 0 radical (unpaired) electrons. The molecule has 0 amide bonds. The van der Waals surface area contributed by atoms with E-state index in [0.717, 1.165) is 0 Å². The Morgan fingerprint density at radius 2 is 1.92 bits per heavy atom. The number of hydrogen-bond donors (Lipinski definition) is 0. The Labute approximate surface area is 94.1 Å². The van der Waals surface area contributed by atoms with Crippen LogP contribution >= 0.6 is 22.6 Å². The van der Waals surface area contributed by atoms with Crippen LogP contribution in [0.5, 0.6) is 0 Å². The zero-order valence-electron chi connectivity index (χ0n) is 8.63. The Hall–Kier alpha value is -0.120. The third kappa shape index (κ3) is 2.93. The molecule has 1 rings (SSSR count). The molecule has 1 atom stereocenters. The molecule has 0 spiro atoms. The fourth-order valence-electron chi connectivity index (χ4n) is 1.17. The molecule has 0 aliphatic carbocycles. The minimum absolute atomic E-state index is 0.312. The number of halogens is 1. The average Bonchev–Trinajstić information content (AvgIpc) is 2.01. The first-order valence-electron chi connectivity index (χ1n) is 4.51. The van der Waals surface area contributed by atoms with E-state index >= 15 is 0 Å². The van der Waals surface area contributed by atoms with Crippen molar-refractivity contribution in [2.75, 3.05) is 0 Å². The molecule has 0 saturated heterocycles. The van der Waals surface area contributed by atoms with Crippen molar-refractivity contribution in [1.29, 1.82) is 0 Å². The summed E-state index contributed by atoms with van der Waals surface area (Å²) in [5.41, 5.74) is 1.64. The summed E-state index contributed by atoms with van der Waals surface area (Å²) in [6.07, 6.45) is 3.86. The Bertz CT molecular complexity index is 288. The highest BCUT2D eigenvalue weighted by Gasteiger charge is 2.21. The SMILES string of the molecule is CC(c1cncc(I)c1)C(C)(C)C. The lowest BCUT2D eigenvalue weighted by molar-refractivity contribution is 0.339. The van der Waals surface area contributed by atoms with Crippen LogP contribution in [0.25, 0.3) is 0 Å². The van der Waals surface area contributed by atoms with Crippen molar-refractivity contribution in [2.45, 2.75) is 33.6 Å². The quantitative estimate of drug-likeness (QED) is 0.716. The predicted molar refractivity (Wildman–Crippen MR) is 64.8 cm³/mol. The van der Waals surface area contributed by atoms with Gasteiger partial charge < -0.3 is 0 Å². The molecule has 0 aliphatic rings. The van der Waals surface area contributed by atoms with Crippen molar-refractivity contribution < 1.29 is 0 Å². The molecule has 0 fully saturated rings. The van der Waals surface area contributed by atoms with E-state index in [2.05, 4.69) is 61.3 Å². The second kappa shape index (κ2) is 3.95. The molecule has 72 valence electrons. The molecule has 0 saturated carbocycles. The van der Waals surface area contributed by atoms with E-state index in [1.165, 1.54) is 9.13 Å². The van der Waals surface area contributed by atoms with Crippen LogP contribution < -0.4 is 0 Å². The second-order valence-corrected chi connectivity index (χ2v) is 5.77. The van der Waals surface area contributed by atoms with E-state index < -0.39 is 0 Å². The standard InChI is InChI=1S/C11H16IN/c1-8(11(2,3)4)9-5-10(12)7-13-6-9/h5-8H,1-4H3. The van der Waals surface area contributed by atoms with Crippen molar-refractivity contribution in [3.8, 4) is 0 Å². The topological polar surface area (TPSA) is 12.9 Å². The first kappa shape index (κ1) is 11.0. The monoisotopic (exact) mass is 289 g/mol. The summed E-state index contributed by atoms with van der Waals surface area (Å²) < 4.78 is 1.21. The Balaban J connectivity index is 2.96. The largest absolute Gasteiger partial charge is 0.263 e. The molecular weight excluding hydrogens is 273 g/mol. The molecule has 0 N–H and O–H groups in total. The lowest BCUT2D eigenvalue weighted by atomic mass is 9.78. The highest BCUT2D eigenvalue weighted by atomic mass is 127. The lowest BCUT2D eigenvalue weighted by Crippen LogP contribution is -2.15. The molecule has 1 aromatic heterocycles. The van der Waals surface area contributed by atoms with Gasteiger partial charge in [0.15, 0.2) is 0 Å². The first-order chi connectivity index (χ1) is 5.91. The van der Waals surface area contributed by atoms with Gasteiger partial charge in [0.05, 0.1) is 0 Å². The summed E-state index contributed by atoms with van der Waals surface area (Å²) in [5.74, 6) is 0.551. The summed E-state index contributed by atoms with van der Waals surface area (Å²) in [4.78, 5) is 4.21. The maximum atomic E-state index is 4.21. The number of pyridine rings is 1. The number of hydrogen-bond acceptors (Lipinski definition) is 1. The van der Waals surface area contributed by atoms with Crippen molar-refractivity contribution >= 4 is 22.6 Å². The Kier molecular flexibility index (Phi) is 3.33. The summed E-state index contributed by atoms with van der Waals surface area (Å²) in [5, 5.41) is 0. The van der Waals surface area contributed by atoms with Gasteiger partial charge in [-0.05, 0) is 45.6 Å². The summed E-state index contributed by atoms with van der Waals surface area (Å²) in [7, 11) is 0. The van der Waals surface area contributed by atoms with Gasteiger partial charge in [-0.15, -0.1) is 0 Å². The highest BCUT2D eigenvalue weighted by Crippen LogP contribution is 2.34. The van der Waals surface area contributed by atoms with Crippen LogP contribution in [0.3, 0.4) is 0 Å². The van der Waals surface area contributed by atoms with Crippen LogP contribution in [0.4, 0.5) is 0 Å². The van der Waals surface area contributed by atoms with Gasteiger partial charge in [0.2, 0.25) is 0 Å². The Morgan fingerprint density at radius 1 is 1.31 bits per heavy atom. The zero-order chi connectivity index (χ0) is 10.1. The maximum absolute atomic E-state index is 4.21. The number of nitrogens with zero attached hydrogens (tertiary/aromatic N) is 1. The molecule has 2 heteroatoms. The zero-order valence-corrected chi connectivity index (χ0v) is 10.8. The smallest absolute Gasteiger partial charge is 0.0401 e. The number of aromatic nitrogens is 1. The van der Waals surface area contributed by atoms with Crippen molar-refractivity contribution in [3.05, 3.63) is 27.6 Å². The van der Waals surface area contributed by atoms with E-state index in [1.807, 2.05) is 12.4 Å². The minimum atomic E-state index is 0.312. The minimum Gasteiger partial charge on any atom is -0.263 e. The molecule has 1 aromatic rings. The van der Waals surface area contributed by atoms with Gasteiger partial charge in [-0.1, -0.05) is 27.7 Å². The molecule has 1 nitrogen and oxygen atoms in total. The third-order valence-corrected chi connectivity index (χ3v) is 3.12. The molecule has 0 aromatic carbocycles. The lowest BCUT2D eigenvalue weighted by Gasteiger charge is -2.27. The van der Waals surface area contributed by atoms with Crippen LogP contribution in [0.2, 0.25) is 0 Å². The summed E-state index contributed by atoms with van der Waals surface area (Å²) in [6.45, 7) is 9.04. The van der Waals surface area contributed by atoms with Crippen LogP contribution in [-0.4, -0.2) is 4.98 Å². The molecular formula is C11H16IN. The van der Waals surface area contributed by atoms with Gasteiger partial charge >= 0.3 is 0 Å². The van der Waals surface area contributed by atoms with Crippen molar-refractivity contribution in [1.82, 2.24) is 4.98 Å². The van der Waals surface area contributed by atoms with Gasteiger partial charge in [-0.3, -0.25) is 4.98 Å². The highest BCUT2D eigenvalue weighted by molar-refractivity contribution is 14.1. The second-order valence-electron chi connectivity index (χ2n) is 4.52. The van der Waals surface area contributed by atoms with Crippen molar-refractivity contribution in [2.24, 2.45) is 5.41 Å². The van der Waals surface area contributed by atoms with E-state index in [0.29, 0.717) is 11.3 Å². The van der Waals surface area contributed by atoms with Crippen molar-refractivity contribution in [3.63, 3.8) is 0 Å². The van der Waals surface area contributed by atoms with E-state index in [1.54, 1.807) is 0 Å². The fourth-order valence-corrected chi connectivity index (χ4v) is 1.69. The predicted octanol–water partition coefficient (Wildman–Crippen LogP) is 3.84. The van der Waals surface area contributed by atoms with Crippen LogP contribution in [0.15, 0.2) is 18.5 Å². The average molecular weight is 289 g/mol. The van der Waals surface area contributed by atoms with E-state index in [9.17, 15) is 0 Å². The molecule has 1 heterocycles. The molecule has 13 heavy (non-hydrogen) atoms. The summed E-state index contributed by atoms with van der Waals surface area (Å²) in [6, 6.07) is 2.21. The van der Waals surface area contributed by atoms with Gasteiger partial charge in [0.1, 0.15) is 0 Å². The molecule has 1 unspecified atom stereocenters. The van der Waals surface area contributed by atoms with Crippen LogP contribution in [0, 0.1) is 8.99 Å². The normalized spacial score (nSPS) is 14.2. The van der Waals surface area contributed by atoms with Crippen LogP contribution in [-0.2, 0) is 0 Å². The molecule has 0 bridgehead atoms. The van der Waals surface area contributed by atoms with Crippen LogP contribution in [0.1, 0.15) is 39.2 Å². The first-order valence-corrected chi connectivity index (χ1v) is 5.59. The maximum Gasteiger partial charge on any atom is 0.0401 e. The van der Waals surface area contributed by atoms with Gasteiger partial charge in [-0.2, -0.15) is 0 Å². The third-order valence-electron chi connectivity index (χ3n) is 2.53. The van der Waals surface area contributed by atoms with E-state index in [-0.39, 0.29) is 0 Å². The summed E-state index contributed by atoms with van der Waals surface area (Å²) >= 11 is 2.30. The van der Waals surface area contributed by atoms with Gasteiger partial charge in [0.25, 0.3) is 0 Å². The van der Waals surface area contributed by atoms with Gasteiger partial charge in [0, 0.05) is 16.0 Å². The Morgan fingerprint density at radius 3 is 2.38 bits per heavy atom. The molecule has 0 aliphatic heterocycles. The van der Waals surface area contributed by atoms with Gasteiger partial charge in [-0.25, -0.2) is 0 Å². The van der Waals surface area contributed by atoms with E-state index in [4.69, 9.17) is 0 Å². The number of rotatable bonds is 1.